The van der Waals surface area contributed by atoms with E-state index in [1.165, 1.54) is 16.2 Å². The van der Waals surface area contributed by atoms with Crippen LogP contribution in [0.25, 0.3) is 0 Å². The second-order valence-corrected chi connectivity index (χ2v) is 6.76. The SMILES string of the molecule is COCc1nc(C(=O)N(C)CC(C)NC(=O)[C@@H]2CCC(=O)N2)cs1. The molecule has 1 fully saturated rings. The molecule has 1 aliphatic heterocycles. The number of thiazole rings is 1. The van der Waals surface area contributed by atoms with Gasteiger partial charge in [0.2, 0.25) is 11.8 Å². The highest BCUT2D eigenvalue weighted by atomic mass is 32.1. The largest absolute Gasteiger partial charge is 0.378 e. The predicted molar refractivity (Wildman–Crippen MR) is 88.6 cm³/mol. The molecular formula is C15H22N4O4S. The van der Waals surface area contributed by atoms with E-state index in [2.05, 4.69) is 15.6 Å². The Morgan fingerprint density at radius 2 is 2.33 bits per heavy atom. The Morgan fingerprint density at radius 3 is 2.96 bits per heavy atom. The lowest BCUT2D eigenvalue weighted by Gasteiger charge is -2.23. The molecule has 2 heterocycles. The summed E-state index contributed by atoms with van der Waals surface area (Å²) in [6.07, 6.45) is 0.881. The summed E-state index contributed by atoms with van der Waals surface area (Å²) in [5.74, 6) is -0.528. The minimum absolute atomic E-state index is 0.106. The zero-order chi connectivity index (χ0) is 17.7. The quantitative estimate of drug-likeness (QED) is 0.726. The molecule has 0 radical (unpaired) electrons. The van der Waals surface area contributed by atoms with Crippen LogP contribution in [0.15, 0.2) is 5.38 Å². The number of carbonyl (C=O) groups excluding carboxylic acids is 3. The maximum Gasteiger partial charge on any atom is 0.273 e. The second-order valence-electron chi connectivity index (χ2n) is 5.81. The van der Waals surface area contributed by atoms with Gasteiger partial charge >= 0.3 is 0 Å². The minimum Gasteiger partial charge on any atom is -0.378 e. The zero-order valence-corrected chi connectivity index (χ0v) is 14.8. The molecule has 24 heavy (non-hydrogen) atoms. The Hall–Kier alpha value is -2.00. The maximum absolute atomic E-state index is 12.3. The van der Waals surface area contributed by atoms with Crippen molar-refractivity contribution < 1.29 is 19.1 Å². The number of amides is 3. The number of hydrogen-bond donors (Lipinski definition) is 2. The van der Waals surface area contributed by atoms with Crippen molar-refractivity contribution in [2.24, 2.45) is 0 Å². The summed E-state index contributed by atoms with van der Waals surface area (Å²) in [6, 6.07) is -0.711. The fraction of sp³-hybridized carbons (Fsp3) is 0.600. The van der Waals surface area contributed by atoms with E-state index in [-0.39, 0.29) is 23.8 Å². The van der Waals surface area contributed by atoms with E-state index >= 15 is 0 Å². The monoisotopic (exact) mass is 354 g/mol. The van der Waals surface area contributed by atoms with Crippen molar-refractivity contribution in [3.05, 3.63) is 16.1 Å². The Bertz CT molecular complexity index is 618. The van der Waals surface area contributed by atoms with E-state index in [1.54, 1.807) is 19.5 Å². The molecule has 132 valence electrons. The molecule has 2 atom stereocenters. The molecule has 0 aliphatic carbocycles. The number of hydrogen-bond acceptors (Lipinski definition) is 6. The van der Waals surface area contributed by atoms with Crippen molar-refractivity contribution in [1.82, 2.24) is 20.5 Å². The normalized spacial score (nSPS) is 18.1. The minimum atomic E-state index is -0.476. The number of ether oxygens (including phenoxy) is 1. The lowest BCUT2D eigenvalue weighted by atomic mass is 10.2. The number of rotatable bonds is 7. The van der Waals surface area contributed by atoms with Gasteiger partial charge in [-0.1, -0.05) is 0 Å². The van der Waals surface area contributed by atoms with Crippen LogP contribution in [0.2, 0.25) is 0 Å². The Kier molecular flexibility index (Phi) is 6.27. The predicted octanol–water partition coefficient (Wildman–Crippen LogP) is 0.145. The van der Waals surface area contributed by atoms with Crippen LogP contribution in [-0.4, -0.2) is 60.4 Å². The van der Waals surface area contributed by atoms with Crippen molar-refractivity contribution in [1.29, 1.82) is 0 Å². The molecule has 3 amide bonds. The van der Waals surface area contributed by atoms with Crippen molar-refractivity contribution in [2.45, 2.75) is 38.5 Å². The van der Waals surface area contributed by atoms with Crippen molar-refractivity contribution in [3.63, 3.8) is 0 Å². The van der Waals surface area contributed by atoms with Crippen LogP contribution in [0.3, 0.4) is 0 Å². The van der Waals surface area contributed by atoms with Gasteiger partial charge < -0.3 is 20.3 Å². The Balaban J connectivity index is 1.83. The van der Waals surface area contributed by atoms with Crippen molar-refractivity contribution >= 4 is 29.1 Å². The van der Waals surface area contributed by atoms with Crippen molar-refractivity contribution in [2.75, 3.05) is 20.7 Å². The van der Waals surface area contributed by atoms with Crippen molar-refractivity contribution in [3.8, 4) is 0 Å². The summed E-state index contributed by atoms with van der Waals surface area (Å²) in [7, 11) is 3.24. The van der Waals surface area contributed by atoms with Gasteiger partial charge in [0.25, 0.3) is 5.91 Å². The van der Waals surface area contributed by atoms with Gasteiger partial charge in [-0.2, -0.15) is 0 Å². The van der Waals surface area contributed by atoms with Gasteiger partial charge in [-0.25, -0.2) is 4.98 Å². The van der Waals surface area contributed by atoms with E-state index in [0.717, 1.165) is 5.01 Å². The van der Waals surface area contributed by atoms with Crippen LogP contribution in [0.5, 0.6) is 0 Å². The second kappa shape index (κ2) is 8.20. The molecule has 2 rings (SSSR count). The topological polar surface area (TPSA) is 101 Å². The lowest BCUT2D eigenvalue weighted by Crippen LogP contribution is -2.48. The molecule has 0 bridgehead atoms. The van der Waals surface area contributed by atoms with E-state index < -0.39 is 6.04 Å². The fourth-order valence-corrected chi connectivity index (χ4v) is 3.23. The van der Waals surface area contributed by atoms with Crippen LogP contribution < -0.4 is 10.6 Å². The smallest absolute Gasteiger partial charge is 0.273 e. The molecule has 0 saturated carbocycles. The first-order valence-electron chi connectivity index (χ1n) is 7.69. The summed E-state index contributed by atoms with van der Waals surface area (Å²) >= 11 is 1.37. The van der Waals surface area contributed by atoms with Gasteiger partial charge in [-0.3, -0.25) is 14.4 Å². The third-order valence-electron chi connectivity index (χ3n) is 3.63. The summed E-state index contributed by atoms with van der Waals surface area (Å²) in [5.41, 5.74) is 0.371. The summed E-state index contributed by atoms with van der Waals surface area (Å²) in [5, 5.41) is 7.89. The third kappa shape index (κ3) is 4.75. The van der Waals surface area contributed by atoms with Gasteiger partial charge in [0.15, 0.2) is 0 Å². The van der Waals surface area contributed by atoms with E-state index in [9.17, 15) is 14.4 Å². The maximum atomic E-state index is 12.3. The standard InChI is InChI=1S/C15H22N4O4S/c1-9(16-14(21)10-4-5-12(20)17-10)6-19(2)15(22)11-8-24-13(18-11)7-23-3/h8-10H,4-7H2,1-3H3,(H,16,21)(H,17,20)/t9?,10-/m0/s1. The van der Waals surface area contributed by atoms with Crippen LogP contribution in [-0.2, 0) is 20.9 Å². The number of methoxy groups -OCH3 is 1. The van der Waals surface area contributed by atoms with E-state index in [0.29, 0.717) is 31.7 Å². The number of carbonyl (C=O) groups is 3. The molecule has 1 aromatic rings. The summed E-state index contributed by atoms with van der Waals surface area (Å²) in [6.45, 7) is 2.54. The molecule has 8 nitrogen and oxygen atoms in total. The van der Waals surface area contributed by atoms with Gasteiger partial charge in [0.1, 0.15) is 16.7 Å². The average molecular weight is 354 g/mol. The summed E-state index contributed by atoms with van der Waals surface area (Å²) in [4.78, 5) is 41.3. The molecule has 1 saturated heterocycles. The van der Waals surface area contributed by atoms with Gasteiger partial charge in [-0.05, 0) is 13.3 Å². The number of nitrogens with one attached hydrogen (secondary N) is 2. The third-order valence-corrected chi connectivity index (χ3v) is 4.46. The lowest BCUT2D eigenvalue weighted by molar-refractivity contribution is -0.126. The first kappa shape index (κ1) is 18.3. The van der Waals surface area contributed by atoms with Gasteiger partial charge in [0, 0.05) is 38.5 Å². The van der Waals surface area contributed by atoms with Crippen LogP contribution in [0.1, 0.15) is 35.3 Å². The first-order chi connectivity index (χ1) is 11.4. The molecule has 0 aromatic carbocycles. The molecule has 9 heteroatoms. The molecule has 1 aliphatic rings. The molecule has 1 aromatic heterocycles. The first-order valence-corrected chi connectivity index (χ1v) is 8.57. The van der Waals surface area contributed by atoms with Crippen LogP contribution in [0.4, 0.5) is 0 Å². The Labute approximate surface area is 144 Å². The number of likely N-dealkylation sites (N-methyl/N-ethyl adjacent to an activating group) is 1. The Morgan fingerprint density at radius 1 is 1.58 bits per heavy atom. The van der Waals surface area contributed by atoms with E-state index in [4.69, 9.17) is 4.74 Å². The highest BCUT2D eigenvalue weighted by Crippen LogP contribution is 2.12. The highest BCUT2D eigenvalue weighted by molar-refractivity contribution is 7.09. The van der Waals surface area contributed by atoms with Crippen LogP contribution >= 0.6 is 11.3 Å². The molecule has 0 spiro atoms. The van der Waals surface area contributed by atoms with Crippen LogP contribution in [0, 0.1) is 0 Å². The highest BCUT2D eigenvalue weighted by Gasteiger charge is 2.28. The average Bonchev–Trinajstić information content (AvgIpc) is 3.15. The number of nitrogens with zero attached hydrogens (tertiary/aromatic N) is 2. The molecule has 1 unspecified atom stereocenters. The zero-order valence-electron chi connectivity index (χ0n) is 14.0. The van der Waals surface area contributed by atoms with E-state index in [1.807, 2.05) is 6.92 Å². The molecular weight excluding hydrogens is 332 g/mol. The van der Waals surface area contributed by atoms with Gasteiger partial charge in [-0.15, -0.1) is 11.3 Å². The fourth-order valence-electron chi connectivity index (χ4n) is 2.49. The molecule has 2 N–H and O–H groups in total. The number of aromatic nitrogens is 1. The summed E-state index contributed by atoms with van der Waals surface area (Å²) < 4.78 is 4.99. The van der Waals surface area contributed by atoms with Gasteiger partial charge in [0.05, 0.1) is 6.61 Å².